The Labute approximate surface area is 138 Å². The van der Waals surface area contributed by atoms with Crippen molar-refractivity contribution in [2.45, 2.75) is 59.2 Å². The van der Waals surface area contributed by atoms with Gasteiger partial charge >= 0.3 is 11.9 Å². The standard InChI is InChI=1S/C19H26O4/c1-4-5-6-7-8-17-9-11-18(12-10-17)13-14-19(22-15(2)20)23-16(3)21/h9-14,19H,4-8H2,1-3H3. The van der Waals surface area contributed by atoms with E-state index < -0.39 is 18.2 Å². The molecule has 4 heteroatoms. The highest BCUT2D eigenvalue weighted by Gasteiger charge is 2.10. The summed E-state index contributed by atoms with van der Waals surface area (Å²) in [7, 11) is 0. The molecule has 0 bridgehead atoms. The van der Waals surface area contributed by atoms with Gasteiger partial charge in [-0.2, -0.15) is 0 Å². The highest BCUT2D eigenvalue weighted by atomic mass is 16.7. The largest absolute Gasteiger partial charge is 0.421 e. The summed E-state index contributed by atoms with van der Waals surface area (Å²) in [5.41, 5.74) is 2.28. The second kappa shape index (κ2) is 10.6. The summed E-state index contributed by atoms with van der Waals surface area (Å²) >= 11 is 0. The van der Waals surface area contributed by atoms with E-state index in [1.807, 2.05) is 12.1 Å². The van der Waals surface area contributed by atoms with Gasteiger partial charge in [-0.25, -0.2) is 0 Å². The summed E-state index contributed by atoms with van der Waals surface area (Å²) < 4.78 is 9.83. The lowest BCUT2D eigenvalue weighted by atomic mass is 10.0. The lowest BCUT2D eigenvalue weighted by Gasteiger charge is -2.12. The molecule has 0 fully saturated rings. The van der Waals surface area contributed by atoms with Crippen molar-refractivity contribution in [2.75, 3.05) is 0 Å². The molecule has 1 aromatic carbocycles. The van der Waals surface area contributed by atoms with Crippen molar-refractivity contribution < 1.29 is 19.1 Å². The molecule has 0 radical (unpaired) electrons. The third-order valence-electron chi connectivity index (χ3n) is 3.31. The van der Waals surface area contributed by atoms with Crippen molar-refractivity contribution in [3.8, 4) is 0 Å². The van der Waals surface area contributed by atoms with Crippen molar-refractivity contribution in [1.82, 2.24) is 0 Å². The lowest BCUT2D eigenvalue weighted by Crippen LogP contribution is -2.19. The number of rotatable bonds is 9. The minimum atomic E-state index is -0.987. The third kappa shape index (κ3) is 8.81. The zero-order chi connectivity index (χ0) is 17.1. The molecule has 0 saturated heterocycles. The second-order valence-corrected chi connectivity index (χ2v) is 5.50. The van der Waals surface area contributed by atoms with E-state index in [4.69, 9.17) is 9.47 Å². The van der Waals surface area contributed by atoms with Gasteiger partial charge in [-0.15, -0.1) is 0 Å². The van der Waals surface area contributed by atoms with Gasteiger partial charge in [-0.3, -0.25) is 9.59 Å². The SMILES string of the molecule is CCCCCCc1ccc(C=CC(OC(C)=O)OC(C)=O)cc1. The maximum atomic E-state index is 11.0. The van der Waals surface area contributed by atoms with Crippen LogP contribution in [0.4, 0.5) is 0 Å². The van der Waals surface area contributed by atoms with Crippen molar-refractivity contribution in [2.24, 2.45) is 0 Å². The van der Waals surface area contributed by atoms with Gasteiger partial charge in [-0.05, 0) is 30.0 Å². The number of ether oxygens (including phenoxy) is 2. The average Bonchev–Trinajstić information content (AvgIpc) is 2.49. The van der Waals surface area contributed by atoms with Gasteiger partial charge in [0.1, 0.15) is 0 Å². The van der Waals surface area contributed by atoms with Crippen LogP contribution in [0.15, 0.2) is 30.3 Å². The molecule has 126 valence electrons. The fourth-order valence-electron chi connectivity index (χ4n) is 2.17. The Kier molecular flexibility index (Phi) is 8.73. The molecule has 0 aromatic heterocycles. The number of esters is 2. The van der Waals surface area contributed by atoms with E-state index in [1.54, 1.807) is 12.2 Å². The van der Waals surface area contributed by atoms with Gasteiger partial charge in [0, 0.05) is 13.8 Å². The summed E-state index contributed by atoms with van der Waals surface area (Å²) in [4.78, 5) is 22.0. The monoisotopic (exact) mass is 318 g/mol. The number of carbonyl (C=O) groups is 2. The molecule has 0 spiro atoms. The molecule has 0 aliphatic carbocycles. The van der Waals surface area contributed by atoms with Crippen LogP contribution in [-0.2, 0) is 25.5 Å². The zero-order valence-corrected chi connectivity index (χ0v) is 14.2. The van der Waals surface area contributed by atoms with E-state index in [1.165, 1.54) is 45.1 Å². The molecule has 0 saturated carbocycles. The molecule has 0 N–H and O–H groups in total. The van der Waals surface area contributed by atoms with Crippen molar-refractivity contribution >= 4 is 18.0 Å². The highest BCUT2D eigenvalue weighted by molar-refractivity contribution is 5.68. The van der Waals surface area contributed by atoms with E-state index in [9.17, 15) is 9.59 Å². The number of benzene rings is 1. The van der Waals surface area contributed by atoms with Crippen LogP contribution in [0.2, 0.25) is 0 Å². The molecule has 0 aliphatic rings. The van der Waals surface area contributed by atoms with E-state index in [0.29, 0.717) is 0 Å². The Balaban J connectivity index is 2.56. The molecule has 0 unspecified atom stereocenters. The molecular weight excluding hydrogens is 292 g/mol. The van der Waals surface area contributed by atoms with Gasteiger partial charge < -0.3 is 9.47 Å². The maximum absolute atomic E-state index is 11.0. The summed E-state index contributed by atoms with van der Waals surface area (Å²) in [6, 6.07) is 8.20. The van der Waals surface area contributed by atoms with Crippen LogP contribution in [0, 0.1) is 0 Å². The van der Waals surface area contributed by atoms with Gasteiger partial charge in [0.25, 0.3) is 6.29 Å². The smallest absolute Gasteiger partial charge is 0.305 e. The quantitative estimate of drug-likeness (QED) is 0.387. The number of aryl methyl sites for hydroxylation is 1. The average molecular weight is 318 g/mol. The normalized spacial score (nSPS) is 11.0. The summed E-state index contributed by atoms with van der Waals surface area (Å²) in [5, 5.41) is 0. The molecule has 0 atom stereocenters. The Morgan fingerprint density at radius 2 is 1.61 bits per heavy atom. The van der Waals surface area contributed by atoms with Crippen LogP contribution in [0.25, 0.3) is 6.08 Å². The molecule has 0 aliphatic heterocycles. The van der Waals surface area contributed by atoms with Gasteiger partial charge in [-0.1, -0.05) is 56.5 Å². The van der Waals surface area contributed by atoms with Crippen LogP contribution in [0.1, 0.15) is 57.6 Å². The summed E-state index contributed by atoms with van der Waals surface area (Å²) in [6.07, 6.45) is 8.45. The number of unbranched alkanes of at least 4 members (excludes halogenated alkanes) is 3. The highest BCUT2D eigenvalue weighted by Crippen LogP contribution is 2.12. The Morgan fingerprint density at radius 3 is 2.13 bits per heavy atom. The molecule has 23 heavy (non-hydrogen) atoms. The lowest BCUT2D eigenvalue weighted by molar-refractivity contribution is -0.176. The molecule has 1 rings (SSSR count). The molecule has 0 heterocycles. The fraction of sp³-hybridized carbons (Fsp3) is 0.474. The first-order chi connectivity index (χ1) is 11.0. The third-order valence-corrected chi connectivity index (χ3v) is 3.31. The van der Waals surface area contributed by atoms with Gasteiger partial charge in [0.15, 0.2) is 0 Å². The summed E-state index contributed by atoms with van der Waals surface area (Å²) in [6.45, 7) is 4.76. The minimum absolute atomic E-state index is 0.497. The Bertz CT molecular complexity index is 501. The topological polar surface area (TPSA) is 52.6 Å². The fourth-order valence-corrected chi connectivity index (χ4v) is 2.17. The molecular formula is C19H26O4. The first-order valence-corrected chi connectivity index (χ1v) is 8.13. The molecule has 1 aromatic rings. The van der Waals surface area contributed by atoms with Crippen LogP contribution >= 0.6 is 0 Å². The maximum Gasteiger partial charge on any atom is 0.305 e. The van der Waals surface area contributed by atoms with E-state index in [2.05, 4.69) is 19.1 Å². The summed E-state index contributed by atoms with van der Waals surface area (Å²) in [5.74, 6) is -0.994. The van der Waals surface area contributed by atoms with Crippen LogP contribution in [-0.4, -0.2) is 18.2 Å². The number of hydrogen-bond donors (Lipinski definition) is 0. The van der Waals surface area contributed by atoms with E-state index >= 15 is 0 Å². The Hall–Kier alpha value is -2.10. The van der Waals surface area contributed by atoms with Gasteiger partial charge in [0.05, 0.1) is 0 Å². The zero-order valence-electron chi connectivity index (χ0n) is 14.2. The predicted octanol–water partition coefficient (Wildman–Crippen LogP) is 4.27. The Morgan fingerprint density at radius 1 is 1.00 bits per heavy atom. The first-order valence-electron chi connectivity index (χ1n) is 8.13. The van der Waals surface area contributed by atoms with Crippen molar-refractivity contribution in [3.63, 3.8) is 0 Å². The number of hydrogen-bond acceptors (Lipinski definition) is 4. The van der Waals surface area contributed by atoms with E-state index in [-0.39, 0.29) is 0 Å². The molecule has 4 nitrogen and oxygen atoms in total. The minimum Gasteiger partial charge on any atom is -0.421 e. The van der Waals surface area contributed by atoms with Crippen LogP contribution < -0.4 is 0 Å². The molecule has 0 amide bonds. The first kappa shape index (κ1) is 18.9. The van der Waals surface area contributed by atoms with Crippen molar-refractivity contribution in [3.05, 3.63) is 41.5 Å². The van der Waals surface area contributed by atoms with E-state index in [0.717, 1.165) is 12.0 Å². The predicted molar refractivity (Wildman–Crippen MR) is 90.6 cm³/mol. The second-order valence-electron chi connectivity index (χ2n) is 5.50. The van der Waals surface area contributed by atoms with Gasteiger partial charge in [0.2, 0.25) is 0 Å². The number of carbonyl (C=O) groups excluding carboxylic acids is 2. The van der Waals surface area contributed by atoms with Crippen LogP contribution in [0.3, 0.4) is 0 Å². The van der Waals surface area contributed by atoms with Crippen molar-refractivity contribution in [1.29, 1.82) is 0 Å². The van der Waals surface area contributed by atoms with Crippen LogP contribution in [0.5, 0.6) is 0 Å².